The highest BCUT2D eigenvalue weighted by atomic mass is 16.3. The molecule has 6 heteroatoms. The topological polar surface area (TPSA) is 61.7 Å². The molecule has 6 nitrogen and oxygen atoms in total. The molecule has 0 aliphatic carbocycles. The Morgan fingerprint density at radius 1 is 0.421 bits per heavy atom. The average molecular weight is 735 g/mol. The van der Waals surface area contributed by atoms with Crippen molar-refractivity contribution in [3.05, 3.63) is 188 Å². The van der Waals surface area contributed by atoms with Crippen molar-refractivity contribution in [1.29, 1.82) is 0 Å². The number of aromatic nitrogens is 5. The Kier molecular flexibility index (Phi) is 5.82. The molecule has 12 rings (SSSR count). The largest absolute Gasteiger partial charge is 0.455 e. The standard InChI is InChI=1S/C51H31N5O/c1-3-14-32(15-4-1)34-26-28-39-38-20-7-10-23-43(38)55(46(39)30-34)35-27-29-47-42(31-35)40-21-13-22-41(48(40)57-47)50-52-49(33-16-5-2-6-17-33)53-51(54-50)56-44-24-11-8-18-36(44)37-19-9-12-25-45(37)56/h1-31H/i2D,5D,6D,16D,17D. The summed E-state index contributed by atoms with van der Waals surface area (Å²) in [7, 11) is 0. The van der Waals surface area contributed by atoms with Gasteiger partial charge in [-0.15, -0.1) is 0 Å². The van der Waals surface area contributed by atoms with Gasteiger partial charge in [-0.3, -0.25) is 4.57 Å². The van der Waals surface area contributed by atoms with Crippen LogP contribution in [0.5, 0.6) is 0 Å². The van der Waals surface area contributed by atoms with Gasteiger partial charge in [-0.25, -0.2) is 4.98 Å². The maximum Gasteiger partial charge on any atom is 0.238 e. The number of para-hydroxylation sites is 4. The van der Waals surface area contributed by atoms with Crippen LogP contribution in [-0.2, 0) is 0 Å². The highest BCUT2D eigenvalue weighted by molar-refractivity contribution is 6.13. The Morgan fingerprint density at radius 2 is 1.05 bits per heavy atom. The smallest absolute Gasteiger partial charge is 0.238 e. The number of furan rings is 1. The van der Waals surface area contributed by atoms with Gasteiger partial charge in [-0.05, 0) is 59.7 Å². The first kappa shape index (κ1) is 26.9. The van der Waals surface area contributed by atoms with Crippen LogP contribution in [0.3, 0.4) is 0 Å². The summed E-state index contributed by atoms with van der Waals surface area (Å²) in [5.41, 5.74) is 8.75. The van der Waals surface area contributed by atoms with Gasteiger partial charge in [-0.2, -0.15) is 9.97 Å². The number of nitrogens with zero attached hydrogens (tertiary/aromatic N) is 5. The molecule has 0 spiro atoms. The summed E-state index contributed by atoms with van der Waals surface area (Å²) >= 11 is 0. The van der Waals surface area contributed by atoms with E-state index >= 15 is 0 Å². The molecule has 266 valence electrons. The van der Waals surface area contributed by atoms with Crippen molar-refractivity contribution in [2.75, 3.05) is 0 Å². The first-order chi connectivity index (χ1) is 30.3. The predicted molar refractivity (Wildman–Crippen MR) is 232 cm³/mol. The van der Waals surface area contributed by atoms with E-state index in [0.717, 1.165) is 71.2 Å². The molecule has 12 aromatic rings. The maximum absolute atomic E-state index is 8.89. The Hall–Kier alpha value is -7.83. The monoisotopic (exact) mass is 734 g/mol. The third kappa shape index (κ3) is 4.87. The molecule has 0 aliphatic heterocycles. The Balaban J connectivity index is 1.10. The predicted octanol–water partition coefficient (Wildman–Crippen LogP) is 13.0. The van der Waals surface area contributed by atoms with Crippen LogP contribution in [0.2, 0.25) is 0 Å². The lowest BCUT2D eigenvalue weighted by molar-refractivity contribution is 0.669. The van der Waals surface area contributed by atoms with Crippen molar-refractivity contribution in [2.45, 2.75) is 0 Å². The van der Waals surface area contributed by atoms with Crippen molar-refractivity contribution in [2.24, 2.45) is 0 Å². The van der Waals surface area contributed by atoms with E-state index in [4.69, 9.17) is 26.2 Å². The molecule has 0 unspecified atom stereocenters. The minimum absolute atomic E-state index is 0.0551. The number of rotatable bonds is 5. The third-order valence-electron chi connectivity index (χ3n) is 10.9. The zero-order valence-electron chi connectivity index (χ0n) is 35.2. The molecule has 57 heavy (non-hydrogen) atoms. The van der Waals surface area contributed by atoms with E-state index in [1.54, 1.807) is 0 Å². The van der Waals surface area contributed by atoms with Crippen LogP contribution in [0, 0.1) is 0 Å². The minimum Gasteiger partial charge on any atom is -0.455 e. The highest BCUT2D eigenvalue weighted by Gasteiger charge is 2.21. The molecule has 0 saturated carbocycles. The van der Waals surface area contributed by atoms with Crippen LogP contribution in [0.25, 0.3) is 111 Å². The SMILES string of the molecule is [2H]c1c([2H])c([2H])c(-c2nc(-c3cccc4c3oc3ccc(-n5c6ccccc6c6ccc(-c7ccccc7)cc65)cc34)nc(-n3c4ccccc4c4ccccc43)n2)c([2H])c1[2H]. The molecule has 0 saturated heterocycles. The van der Waals surface area contributed by atoms with Crippen LogP contribution in [0.15, 0.2) is 192 Å². The van der Waals surface area contributed by atoms with Crippen molar-refractivity contribution >= 4 is 65.6 Å². The lowest BCUT2D eigenvalue weighted by atomic mass is 10.0. The van der Waals surface area contributed by atoms with Gasteiger partial charge >= 0.3 is 0 Å². The summed E-state index contributed by atoms with van der Waals surface area (Å²) in [5.74, 6) is 0.394. The lowest BCUT2D eigenvalue weighted by Gasteiger charge is -2.11. The first-order valence-electron chi connectivity index (χ1n) is 21.2. The van der Waals surface area contributed by atoms with Crippen molar-refractivity contribution in [3.63, 3.8) is 0 Å². The molecule has 0 aliphatic rings. The molecule has 8 aromatic carbocycles. The molecule has 0 atom stereocenters. The van der Waals surface area contributed by atoms with Crippen LogP contribution in [0.4, 0.5) is 0 Å². The van der Waals surface area contributed by atoms with Crippen LogP contribution < -0.4 is 0 Å². The van der Waals surface area contributed by atoms with Crippen LogP contribution >= 0.6 is 0 Å². The summed E-state index contributed by atoms with van der Waals surface area (Å²) < 4.78 is 54.0. The van der Waals surface area contributed by atoms with Crippen LogP contribution in [0.1, 0.15) is 6.85 Å². The van der Waals surface area contributed by atoms with E-state index in [1.165, 1.54) is 0 Å². The van der Waals surface area contributed by atoms with E-state index < -0.39 is 30.2 Å². The third-order valence-corrected chi connectivity index (χ3v) is 10.9. The fraction of sp³-hybridized carbons (Fsp3) is 0. The van der Waals surface area contributed by atoms with Crippen molar-refractivity contribution in [3.8, 4) is 45.5 Å². The second-order valence-electron chi connectivity index (χ2n) is 14.1. The van der Waals surface area contributed by atoms with Gasteiger partial charge in [0.15, 0.2) is 11.6 Å². The van der Waals surface area contributed by atoms with Gasteiger partial charge in [0, 0.05) is 43.6 Å². The fourth-order valence-corrected chi connectivity index (χ4v) is 8.36. The number of benzene rings is 8. The molecule has 0 bridgehead atoms. The first-order valence-corrected chi connectivity index (χ1v) is 18.7. The van der Waals surface area contributed by atoms with Gasteiger partial charge in [0.05, 0.1) is 34.5 Å². The second kappa shape index (κ2) is 12.3. The van der Waals surface area contributed by atoms with E-state index in [9.17, 15) is 0 Å². The maximum atomic E-state index is 8.89. The van der Waals surface area contributed by atoms with Gasteiger partial charge in [0.2, 0.25) is 5.95 Å². The zero-order chi connectivity index (χ0) is 41.8. The fourth-order valence-electron chi connectivity index (χ4n) is 8.36. The molecule has 4 heterocycles. The van der Waals surface area contributed by atoms with Crippen molar-refractivity contribution in [1.82, 2.24) is 24.1 Å². The van der Waals surface area contributed by atoms with Crippen LogP contribution in [-0.4, -0.2) is 24.1 Å². The normalized spacial score (nSPS) is 13.1. The van der Waals surface area contributed by atoms with Crippen molar-refractivity contribution < 1.29 is 11.3 Å². The number of fused-ring (bicyclic) bond motifs is 9. The number of hydrogen-bond donors (Lipinski definition) is 0. The summed E-state index contributed by atoms with van der Waals surface area (Å²) in [5, 5.41) is 6.03. The molecular formula is C51H31N5O. The summed E-state index contributed by atoms with van der Waals surface area (Å²) in [6, 6.07) is 51.2. The van der Waals surface area contributed by atoms with E-state index in [2.05, 4.69) is 83.4 Å². The molecule has 0 fully saturated rings. The number of hydrogen-bond acceptors (Lipinski definition) is 4. The van der Waals surface area contributed by atoms with Gasteiger partial charge < -0.3 is 8.98 Å². The highest BCUT2D eigenvalue weighted by Crippen LogP contribution is 2.40. The minimum atomic E-state index is -0.496. The summed E-state index contributed by atoms with van der Waals surface area (Å²) in [6.07, 6.45) is 0. The van der Waals surface area contributed by atoms with Gasteiger partial charge in [0.1, 0.15) is 11.2 Å². The molecular weight excluding hydrogens is 699 g/mol. The lowest BCUT2D eigenvalue weighted by Crippen LogP contribution is -2.06. The van der Waals surface area contributed by atoms with Gasteiger partial charge in [0.25, 0.3) is 0 Å². The van der Waals surface area contributed by atoms with Gasteiger partial charge in [-0.1, -0.05) is 139 Å². The van der Waals surface area contributed by atoms with E-state index in [1.807, 2.05) is 83.4 Å². The Bertz CT molecular complexity index is 3750. The quantitative estimate of drug-likeness (QED) is 0.177. The zero-order valence-corrected chi connectivity index (χ0v) is 30.2. The molecule has 0 amide bonds. The van der Waals surface area contributed by atoms with E-state index in [-0.39, 0.29) is 23.2 Å². The summed E-state index contributed by atoms with van der Waals surface area (Å²) in [6.45, 7) is 0. The molecule has 4 aromatic heterocycles. The molecule has 0 N–H and O–H groups in total. The second-order valence-corrected chi connectivity index (χ2v) is 14.1. The summed E-state index contributed by atoms with van der Waals surface area (Å²) in [4.78, 5) is 14.9. The Morgan fingerprint density at radius 3 is 1.79 bits per heavy atom. The Labute approximate surface area is 333 Å². The molecule has 0 radical (unpaired) electrons. The van der Waals surface area contributed by atoms with E-state index in [0.29, 0.717) is 16.7 Å². The average Bonchev–Trinajstić information content (AvgIpc) is 3.98.